The van der Waals surface area contributed by atoms with Gasteiger partial charge in [0.15, 0.2) is 0 Å². The normalized spacial score (nSPS) is 11.6. The van der Waals surface area contributed by atoms with Gasteiger partial charge in [-0.2, -0.15) is 5.26 Å². The lowest BCUT2D eigenvalue weighted by Gasteiger charge is -2.06. The van der Waals surface area contributed by atoms with Crippen LogP contribution in [-0.4, -0.2) is 0 Å². The Balaban J connectivity index is 2.30. The highest BCUT2D eigenvalue weighted by molar-refractivity contribution is 5.14. The van der Waals surface area contributed by atoms with Crippen molar-refractivity contribution in [3.63, 3.8) is 0 Å². The molecule has 0 aliphatic heterocycles. The minimum atomic E-state index is 0.175. The van der Waals surface area contributed by atoms with Crippen molar-refractivity contribution in [2.75, 3.05) is 0 Å². The number of hydrogen-bond acceptors (Lipinski definition) is 1. The van der Waals surface area contributed by atoms with Crippen molar-refractivity contribution in [3.8, 4) is 6.07 Å². The summed E-state index contributed by atoms with van der Waals surface area (Å²) in [5.74, 6) is 0.175. The Hall–Kier alpha value is -1.55. The van der Waals surface area contributed by atoms with E-state index >= 15 is 0 Å². The molecule has 1 aromatic rings. The van der Waals surface area contributed by atoms with Crippen molar-refractivity contribution in [1.82, 2.24) is 0 Å². The number of nitrogens with zero attached hydrogens (tertiary/aromatic N) is 1. The van der Waals surface area contributed by atoms with Gasteiger partial charge in [-0.15, -0.1) is 0 Å². The molecule has 0 radical (unpaired) electrons. The van der Waals surface area contributed by atoms with Gasteiger partial charge in [0.2, 0.25) is 0 Å². The molecule has 0 bridgehead atoms. The summed E-state index contributed by atoms with van der Waals surface area (Å²) in [6.45, 7) is 4.16. The largest absolute Gasteiger partial charge is 0.198 e. The molecule has 1 heteroatoms. The third kappa shape index (κ3) is 5.92. The van der Waals surface area contributed by atoms with Gasteiger partial charge in [0.05, 0.1) is 6.07 Å². The van der Waals surface area contributed by atoms with Crippen LogP contribution in [0.2, 0.25) is 0 Å². The molecule has 0 aliphatic carbocycles. The molecule has 0 saturated carbocycles. The molecule has 1 nitrogen and oxygen atoms in total. The van der Waals surface area contributed by atoms with Gasteiger partial charge in [-0.3, -0.25) is 0 Å². The summed E-state index contributed by atoms with van der Waals surface area (Å²) in [5.41, 5.74) is 2.67. The molecule has 0 aromatic heterocycles. The maximum Gasteiger partial charge on any atom is 0.0659 e. The maximum absolute atomic E-state index is 9.06. The average Bonchev–Trinajstić information content (AvgIpc) is 2.34. The van der Waals surface area contributed by atoms with E-state index < -0.39 is 0 Å². The van der Waals surface area contributed by atoms with Crippen molar-refractivity contribution in [3.05, 3.63) is 47.5 Å². The number of nitriles is 1. The van der Waals surface area contributed by atoms with Crippen molar-refractivity contribution < 1.29 is 0 Å². The number of rotatable bonds is 6. The molecule has 0 aliphatic rings. The molecule has 0 fully saturated rings. The molecule has 17 heavy (non-hydrogen) atoms. The summed E-state index contributed by atoms with van der Waals surface area (Å²) in [4.78, 5) is 0. The Morgan fingerprint density at radius 2 is 2.00 bits per heavy atom. The summed E-state index contributed by atoms with van der Waals surface area (Å²) in [5, 5.41) is 9.06. The third-order valence-electron chi connectivity index (χ3n) is 2.85. The summed E-state index contributed by atoms with van der Waals surface area (Å²) in [7, 11) is 0. The zero-order valence-corrected chi connectivity index (χ0v) is 10.8. The van der Waals surface area contributed by atoms with Crippen LogP contribution in [0.25, 0.3) is 0 Å². The topological polar surface area (TPSA) is 23.8 Å². The highest BCUT2D eigenvalue weighted by Crippen LogP contribution is 2.14. The van der Waals surface area contributed by atoms with Crippen LogP contribution < -0.4 is 0 Å². The van der Waals surface area contributed by atoms with Crippen LogP contribution in [0.15, 0.2) is 42.0 Å². The first-order valence-corrected chi connectivity index (χ1v) is 6.29. The zero-order chi connectivity index (χ0) is 12.5. The fraction of sp³-hybridized carbons (Fsp3) is 0.438. The average molecular weight is 227 g/mol. The molecular formula is C16H21N. The zero-order valence-electron chi connectivity index (χ0n) is 10.8. The number of allylic oxidation sites excluding steroid dienone is 2. The Kier molecular flexibility index (Phi) is 6.10. The van der Waals surface area contributed by atoms with E-state index in [0.29, 0.717) is 0 Å². The first-order chi connectivity index (χ1) is 8.22. The lowest BCUT2D eigenvalue weighted by molar-refractivity contribution is 0.577. The van der Waals surface area contributed by atoms with Crippen LogP contribution in [0.3, 0.4) is 0 Å². The first-order valence-electron chi connectivity index (χ1n) is 6.29. The monoisotopic (exact) mass is 227 g/mol. The van der Waals surface area contributed by atoms with Crippen LogP contribution >= 0.6 is 0 Å². The maximum atomic E-state index is 9.06. The van der Waals surface area contributed by atoms with E-state index in [1.807, 2.05) is 6.07 Å². The van der Waals surface area contributed by atoms with Crippen LogP contribution in [0, 0.1) is 17.2 Å². The Morgan fingerprint density at radius 3 is 2.59 bits per heavy atom. The van der Waals surface area contributed by atoms with Crippen molar-refractivity contribution in [2.45, 2.75) is 39.5 Å². The number of benzene rings is 1. The molecular weight excluding hydrogens is 206 g/mol. The second-order valence-corrected chi connectivity index (χ2v) is 4.72. The molecule has 1 atom stereocenters. The summed E-state index contributed by atoms with van der Waals surface area (Å²) in [6.07, 6.45) is 6.23. The summed E-state index contributed by atoms with van der Waals surface area (Å²) in [6, 6.07) is 12.9. The smallest absolute Gasteiger partial charge is 0.0659 e. The second kappa shape index (κ2) is 7.68. The number of aryl methyl sites for hydroxylation is 1. The summed E-state index contributed by atoms with van der Waals surface area (Å²) >= 11 is 0. The molecule has 0 amide bonds. The van der Waals surface area contributed by atoms with E-state index in [4.69, 9.17) is 5.26 Å². The predicted molar refractivity (Wildman–Crippen MR) is 72.5 cm³/mol. The first kappa shape index (κ1) is 13.5. The van der Waals surface area contributed by atoms with E-state index in [1.54, 1.807) is 0 Å². The summed E-state index contributed by atoms with van der Waals surface area (Å²) < 4.78 is 0. The molecule has 1 rings (SSSR count). The Labute approximate surface area is 105 Å². The molecule has 90 valence electrons. The second-order valence-electron chi connectivity index (χ2n) is 4.72. The van der Waals surface area contributed by atoms with Gasteiger partial charge in [-0.05, 0) is 45.1 Å². The third-order valence-corrected chi connectivity index (χ3v) is 2.85. The van der Waals surface area contributed by atoms with Gasteiger partial charge >= 0.3 is 0 Å². The van der Waals surface area contributed by atoms with Gasteiger partial charge in [0.1, 0.15) is 0 Å². The predicted octanol–water partition coefficient (Wildman–Crippen LogP) is 4.51. The lowest BCUT2D eigenvalue weighted by Crippen LogP contribution is -1.97. The van der Waals surface area contributed by atoms with Crippen LogP contribution in [-0.2, 0) is 6.42 Å². The quantitative estimate of drug-likeness (QED) is 0.656. The molecule has 0 spiro atoms. The molecule has 0 saturated heterocycles. The van der Waals surface area contributed by atoms with Crippen molar-refractivity contribution >= 4 is 0 Å². The molecule has 0 N–H and O–H groups in total. The van der Waals surface area contributed by atoms with Gasteiger partial charge < -0.3 is 0 Å². The van der Waals surface area contributed by atoms with Crippen LogP contribution in [0.5, 0.6) is 0 Å². The highest BCUT2D eigenvalue weighted by Gasteiger charge is 2.05. The fourth-order valence-corrected chi connectivity index (χ4v) is 1.81. The Morgan fingerprint density at radius 1 is 1.29 bits per heavy atom. The van der Waals surface area contributed by atoms with E-state index in [2.05, 4.69) is 50.3 Å². The molecule has 1 aromatic carbocycles. The molecule has 1 unspecified atom stereocenters. The standard InChI is InChI=1S/C16H21N/c1-14(2)11-12-16(13-17)10-6-9-15-7-4-3-5-8-15/h3-5,7-8,11,16H,6,9-10,12H2,1-2H3. The minimum Gasteiger partial charge on any atom is -0.198 e. The van der Waals surface area contributed by atoms with Gasteiger partial charge in [0, 0.05) is 5.92 Å². The molecule has 0 heterocycles. The van der Waals surface area contributed by atoms with Crippen molar-refractivity contribution in [1.29, 1.82) is 5.26 Å². The van der Waals surface area contributed by atoms with Gasteiger partial charge in [-0.25, -0.2) is 0 Å². The van der Waals surface area contributed by atoms with Crippen LogP contribution in [0.1, 0.15) is 38.7 Å². The van der Waals surface area contributed by atoms with Gasteiger partial charge in [0.25, 0.3) is 0 Å². The van der Waals surface area contributed by atoms with Crippen LogP contribution in [0.4, 0.5) is 0 Å². The highest BCUT2D eigenvalue weighted by atomic mass is 14.3. The minimum absolute atomic E-state index is 0.175. The fourth-order valence-electron chi connectivity index (χ4n) is 1.81. The van der Waals surface area contributed by atoms with E-state index in [9.17, 15) is 0 Å². The number of hydrogen-bond donors (Lipinski definition) is 0. The SMILES string of the molecule is CC(C)=CCC(C#N)CCCc1ccccc1. The Bertz CT molecular complexity index is 380. The van der Waals surface area contributed by atoms with E-state index in [-0.39, 0.29) is 5.92 Å². The lowest BCUT2D eigenvalue weighted by atomic mass is 9.97. The van der Waals surface area contributed by atoms with Crippen molar-refractivity contribution in [2.24, 2.45) is 5.92 Å². The van der Waals surface area contributed by atoms with E-state index in [0.717, 1.165) is 25.7 Å². The van der Waals surface area contributed by atoms with Gasteiger partial charge in [-0.1, -0.05) is 42.0 Å². The van der Waals surface area contributed by atoms with E-state index in [1.165, 1.54) is 11.1 Å².